The fourth-order valence-corrected chi connectivity index (χ4v) is 2.69. The number of nitrogens with one attached hydrogen (secondary N) is 2. The molecule has 1 aromatic rings. The first-order chi connectivity index (χ1) is 10.7. The first-order valence-corrected chi connectivity index (χ1v) is 7.95. The van der Waals surface area contributed by atoms with Crippen molar-refractivity contribution in [2.24, 2.45) is 0 Å². The molecular formula is C15H20ClN5O. The molecule has 1 aromatic heterocycles. The minimum atomic E-state index is -0.0124. The Bertz CT molecular complexity index is 564. The first kappa shape index (κ1) is 16.4. The smallest absolute Gasteiger partial charge is 0.237 e. The lowest BCUT2D eigenvalue weighted by molar-refractivity contribution is -0.129. The van der Waals surface area contributed by atoms with Gasteiger partial charge in [-0.05, 0) is 25.8 Å². The number of nitrogens with zero attached hydrogens (tertiary/aromatic N) is 3. The number of pyridine rings is 1. The van der Waals surface area contributed by atoms with Gasteiger partial charge >= 0.3 is 0 Å². The number of alkyl halides is 1. The number of nitriles is 1. The van der Waals surface area contributed by atoms with Gasteiger partial charge in [0, 0.05) is 31.9 Å². The molecule has 1 amide bonds. The van der Waals surface area contributed by atoms with E-state index in [0.717, 1.165) is 30.9 Å². The summed E-state index contributed by atoms with van der Waals surface area (Å²) in [5.74, 6) is 0.777. The molecule has 1 aliphatic rings. The number of piperidine rings is 1. The van der Waals surface area contributed by atoms with E-state index in [0.29, 0.717) is 18.7 Å². The lowest BCUT2D eigenvalue weighted by Gasteiger charge is -2.32. The van der Waals surface area contributed by atoms with Gasteiger partial charge in [0.1, 0.15) is 17.8 Å². The molecule has 22 heavy (non-hydrogen) atoms. The summed E-state index contributed by atoms with van der Waals surface area (Å²) in [5.41, 5.74) is 1.36. The van der Waals surface area contributed by atoms with Crippen molar-refractivity contribution in [1.82, 2.24) is 9.88 Å². The third-order valence-corrected chi connectivity index (χ3v) is 3.91. The predicted octanol–water partition coefficient (Wildman–Crippen LogP) is 2.03. The Morgan fingerprint density at radius 1 is 1.55 bits per heavy atom. The maximum absolute atomic E-state index is 11.6. The van der Waals surface area contributed by atoms with Crippen LogP contribution in [-0.2, 0) is 4.79 Å². The van der Waals surface area contributed by atoms with Gasteiger partial charge in [-0.25, -0.2) is 4.98 Å². The summed E-state index contributed by atoms with van der Waals surface area (Å²) < 4.78 is 0. The zero-order valence-electron chi connectivity index (χ0n) is 12.6. The second-order valence-corrected chi connectivity index (χ2v) is 5.46. The fourth-order valence-electron chi connectivity index (χ4n) is 2.52. The van der Waals surface area contributed by atoms with E-state index in [9.17, 15) is 4.79 Å². The van der Waals surface area contributed by atoms with Crippen molar-refractivity contribution in [2.45, 2.75) is 25.8 Å². The van der Waals surface area contributed by atoms with Crippen molar-refractivity contribution >= 4 is 29.0 Å². The van der Waals surface area contributed by atoms with Crippen LogP contribution in [0.5, 0.6) is 0 Å². The van der Waals surface area contributed by atoms with E-state index < -0.39 is 0 Å². The lowest BCUT2D eigenvalue weighted by Crippen LogP contribution is -2.43. The number of rotatable bonds is 5. The van der Waals surface area contributed by atoms with Crippen molar-refractivity contribution in [3.63, 3.8) is 0 Å². The van der Waals surface area contributed by atoms with Crippen molar-refractivity contribution in [2.75, 3.05) is 36.1 Å². The third-order valence-electron chi connectivity index (χ3n) is 3.68. The number of anilines is 2. The molecule has 118 valence electrons. The molecule has 0 aliphatic carbocycles. The summed E-state index contributed by atoms with van der Waals surface area (Å²) in [6, 6.07) is 4.17. The molecule has 0 radical (unpaired) electrons. The Hall–Kier alpha value is -2.00. The van der Waals surface area contributed by atoms with Crippen molar-refractivity contribution < 1.29 is 4.79 Å². The van der Waals surface area contributed by atoms with Gasteiger partial charge in [-0.2, -0.15) is 5.26 Å². The Labute approximate surface area is 135 Å². The largest absolute Gasteiger partial charge is 0.379 e. The summed E-state index contributed by atoms with van der Waals surface area (Å²) in [4.78, 5) is 17.6. The van der Waals surface area contributed by atoms with Gasteiger partial charge in [0.25, 0.3) is 0 Å². The summed E-state index contributed by atoms with van der Waals surface area (Å²) in [6.07, 6.45) is 3.26. The maximum atomic E-state index is 11.6. The number of likely N-dealkylation sites (tertiary alicyclic amines) is 1. The molecule has 1 aliphatic heterocycles. The zero-order valence-corrected chi connectivity index (χ0v) is 13.4. The number of carbonyl (C=O) groups is 1. The average molecular weight is 322 g/mol. The molecule has 0 atom stereocenters. The van der Waals surface area contributed by atoms with E-state index in [1.807, 2.05) is 6.92 Å². The first-order valence-electron chi connectivity index (χ1n) is 7.42. The second kappa shape index (κ2) is 7.85. The normalized spacial score (nSPS) is 15.2. The van der Waals surface area contributed by atoms with Gasteiger partial charge in [-0.15, -0.1) is 11.6 Å². The van der Waals surface area contributed by atoms with Crippen LogP contribution in [0.1, 0.15) is 25.3 Å². The number of hydrogen-bond acceptors (Lipinski definition) is 5. The summed E-state index contributed by atoms with van der Waals surface area (Å²) >= 11 is 5.59. The number of aromatic nitrogens is 1. The predicted molar refractivity (Wildman–Crippen MR) is 87.1 cm³/mol. The van der Waals surface area contributed by atoms with Gasteiger partial charge in [-0.1, -0.05) is 0 Å². The summed E-state index contributed by atoms with van der Waals surface area (Å²) in [6.45, 7) is 4.16. The molecule has 2 heterocycles. The van der Waals surface area contributed by atoms with Crippen LogP contribution >= 0.6 is 11.6 Å². The molecule has 0 aromatic carbocycles. The molecule has 0 saturated carbocycles. The van der Waals surface area contributed by atoms with Crippen LogP contribution in [0.15, 0.2) is 12.3 Å². The Morgan fingerprint density at radius 3 is 2.86 bits per heavy atom. The fraction of sp³-hybridized carbons (Fsp3) is 0.533. The Balaban J connectivity index is 2.02. The van der Waals surface area contributed by atoms with Gasteiger partial charge < -0.3 is 15.5 Å². The summed E-state index contributed by atoms with van der Waals surface area (Å²) in [7, 11) is 0. The number of amides is 1. The van der Waals surface area contributed by atoms with Crippen LogP contribution in [-0.4, -0.2) is 47.3 Å². The van der Waals surface area contributed by atoms with Gasteiger partial charge in [-0.3, -0.25) is 4.79 Å². The zero-order chi connectivity index (χ0) is 15.9. The van der Waals surface area contributed by atoms with Gasteiger partial charge in [0.05, 0.1) is 11.3 Å². The minimum absolute atomic E-state index is 0.0124. The Kier molecular flexibility index (Phi) is 5.84. The molecule has 0 bridgehead atoms. The van der Waals surface area contributed by atoms with Crippen LogP contribution in [0.2, 0.25) is 0 Å². The monoisotopic (exact) mass is 321 g/mol. The van der Waals surface area contributed by atoms with Crippen molar-refractivity contribution in [3.8, 4) is 6.07 Å². The number of carbonyl (C=O) groups excluding carboxylic acids is 1. The van der Waals surface area contributed by atoms with E-state index >= 15 is 0 Å². The highest BCUT2D eigenvalue weighted by Crippen LogP contribution is 2.24. The topological polar surface area (TPSA) is 81.1 Å². The molecule has 0 unspecified atom stereocenters. The van der Waals surface area contributed by atoms with E-state index in [4.69, 9.17) is 16.9 Å². The van der Waals surface area contributed by atoms with Crippen LogP contribution in [0.3, 0.4) is 0 Å². The Morgan fingerprint density at radius 2 is 2.27 bits per heavy atom. The lowest BCUT2D eigenvalue weighted by atomic mass is 10.0. The third kappa shape index (κ3) is 4.01. The van der Waals surface area contributed by atoms with Crippen LogP contribution in [0, 0.1) is 11.3 Å². The molecule has 7 heteroatoms. The highest BCUT2D eigenvalue weighted by molar-refractivity contribution is 6.27. The highest BCUT2D eigenvalue weighted by Gasteiger charge is 2.22. The maximum Gasteiger partial charge on any atom is 0.237 e. The quantitative estimate of drug-likeness (QED) is 0.811. The van der Waals surface area contributed by atoms with Crippen molar-refractivity contribution in [3.05, 3.63) is 17.8 Å². The molecular weight excluding hydrogens is 302 g/mol. The average Bonchev–Trinajstić information content (AvgIpc) is 2.56. The summed E-state index contributed by atoms with van der Waals surface area (Å²) in [5, 5.41) is 15.6. The molecule has 1 fully saturated rings. The SMILES string of the molecule is CCNc1ncc(C#N)cc1NC1CCN(C(=O)CCl)CC1. The molecule has 2 N–H and O–H groups in total. The van der Waals surface area contributed by atoms with Crippen LogP contribution < -0.4 is 10.6 Å². The highest BCUT2D eigenvalue weighted by atomic mass is 35.5. The molecule has 0 spiro atoms. The van der Waals surface area contributed by atoms with E-state index in [2.05, 4.69) is 21.7 Å². The van der Waals surface area contributed by atoms with Crippen LogP contribution in [0.25, 0.3) is 0 Å². The van der Waals surface area contributed by atoms with Crippen LogP contribution in [0.4, 0.5) is 11.5 Å². The van der Waals surface area contributed by atoms with Gasteiger partial charge in [0.2, 0.25) is 5.91 Å². The minimum Gasteiger partial charge on any atom is -0.379 e. The van der Waals surface area contributed by atoms with E-state index in [-0.39, 0.29) is 17.8 Å². The van der Waals surface area contributed by atoms with E-state index in [1.165, 1.54) is 0 Å². The number of halogens is 1. The molecule has 6 nitrogen and oxygen atoms in total. The van der Waals surface area contributed by atoms with E-state index in [1.54, 1.807) is 17.2 Å². The standard InChI is InChI=1S/C15H20ClN5O/c1-2-18-15-13(7-11(9-17)10-19-15)20-12-3-5-21(6-4-12)14(22)8-16/h7,10,12,20H,2-6,8H2,1H3,(H,18,19). The molecule has 2 rings (SSSR count). The van der Waals surface area contributed by atoms with Crippen molar-refractivity contribution in [1.29, 1.82) is 5.26 Å². The second-order valence-electron chi connectivity index (χ2n) is 5.20. The molecule has 1 saturated heterocycles. The van der Waals surface area contributed by atoms with Gasteiger partial charge in [0.15, 0.2) is 0 Å². The number of hydrogen-bond donors (Lipinski definition) is 2.